The summed E-state index contributed by atoms with van der Waals surface area (Å²) in [5, 5.41) is 0. The molecule has 7 heteroatoms. The van der Waals surface area contributed by atoms with Gasteiger partial charge in [0.2, 0.25) is 10.0 Å². The summed E-state index contributed by atoms with van der Waals surface area (Å²) in [6, 6.07) is 16.3. The van der Waals surface area contributed by atoms with Gasteiger partial charge in [-0.1, -0.05) is 61.7 Å². The highest BCUT2D eigenvalue weighted by Gasteiger charge is 2.39. The molecule has 4 rings (SSSR count). The second kappa shape index (κ2) is 8.68. The molecule has 0 bridgehead atoms. The molecule has 2 aliphatic rings. The van der Waals surface area contributed by atoms with Crippen LogP contribution < -0.4 is 9.04 Å². The van der Waals surface area contributed by atoms with E-state index in [2.05, 4.69) is 0 Å². The molecular weight excluding hydrogens is 400 g/mol. The lowest BCUT2D eigenvalue weighted by Gasteiger charge is -2.38. The summed E-state index contributed by atoms with van der Waals surface area (Å²) in [6.07, 6.45) is 4.57. The summed E-state index contributed by atoms with van der Waals surface area (Å²) in [7, 11) is -1.87. The highest BCUT2D eigenvalue weighted by molar-refractivity contribution is 7.92. The van der Waals surface area contributed by atoms with Crippen LogP contribution in [0.5, 0.6) is 5.75 Å². The van der Waals surface area contributed by atoms with E-state index in [1.54, 1.807) is 41.3 Å². The molecule has 160 valence electrons. The number of amides is 1. The fourth-order valence-corrected chi connectivity index (χ4v) is 5.91. The summed E-state index contributed by atoms with van der Waals surface area (Å²) in [6.45, 7) is -0.0118. The summed E-state index contributed by atoms with van der Waals surface area (Å²) < 4.78 is 33.9. The van der Waals surface area contributed by atoms with Crippen molar-refractivity contribution in [2.45, 2.75) is 50.0 Å². The van der Waals surface area contributed by atoms with Gasteiger partial charge in [0.1, 0.15) is 5.75 Å². The predicted octanol–water partition coefficient (Wildman–Crippen LogP) is 3.58. The van der Waals surface area contributed by atoms with Gasteiger partial charge < -0.3 is 9.64 Å². The molecule has 1 heterocycles. The largest absolute Gasteiger partial charge is 0.476 e. The highest BCUT2D eigenvalue weighted by Crippen LogP contribution is 2.36. The first-order chi connectivity index (χ1) is 14.5. The smallest absolute Gasteiger partial charge is 0.265 e. The Hall–Kier alpha value is -2.54. The van der Waals surface area contributed by atoms with Crippen LogP contribution in [0.3, 0.4) is 0 Å². The van der Waals surface area contributed by atoms with Crippen molar-refractivity contribution < 1.29 is 17.9 Å². The minimum absolute atomic E-state index is 0.0118. The summed E-state index contributed by atoms with van der Waals surface area (Å²) in [5.74, 6) is 0.147. The van der Waals surface area contributed by atoms with Crippen LogP contribution in [0.25, 0.3) is 0 Å². The zero-order valence-electron chi connectivity index (χ0n) is 17.2. The van der Waals surface area contributed by atoms with Gasteiger partial charge in [0.25, 0.3) is 5.91 Å². The van der Waals surface area contributed by atoms with Gasteiger partial charge in [-0.25, -0.2) is 8.42 Å². The van der Waals surface area contributed by atoms with E-state index in [0.717, 1.165) is 25.7 Å². The first kappa shape index (κ1) is 20.7. The van der Waals surface area contributed by atoms with Crippen LogP contribution in [0.4, 0.5) is 5.69 Å². The first-order valence-electron chi connectivity index (χ1n) is 10.5. The Labute approximate surface area is 178 Å². The number of ether oxygens (including phenoxy) is 1. The predicted molar refractivity (Wildman–Crippen MR) is 117 cm³/mol. The molecule has 2 aromatic carbocycles. The van der Waals surface area contributed by atoms with E-state index in [1.807, 2.05) is 25.2 Å². The fraction of sp³-hybridized carbons (Fsp3) is 0.435. The number of carbonyl (C=O) groups excluding carboxylic acids is 1. The normalized spacial score (nSPS) is 19.6. The molecule has 6 nitrogen and oxygen atoms in total. The minimum Gasteiger partial charge on any atom is -0.476 e. The number of para-hydroxylation sites is 2. The van der Waals surface area contributed by atoms with Crippen LogP contribution in [0.15, 0.2) is 54.6 Å². The number of carbonyl (C=O) groups is 1. The Morgan fingerprint density at radius 3 is 2.43 bits per heavy atom. The quantitative estimate of drug-likeness (QED) is 0.730. The van der Waals surface area contributed by atoms with Crippen molar-refractivity contribution in [2.75, 3.05) is 17.9 Å². The van der Waals surface area contributed by atoms with Crippen molar-refractivity contribution in [1.29, 1.82) is 0 Å². The second-order valence-corrected chi connectivity index (χ2v) is 9.98. The van der Waals surface area contributed by atoms with Crippen LogP contribution in [-0.4, -0.2) is 45.0 Å². The zero-order valence-corrected chi connectivity index (χ0v) is 18.1. The Morgan fingerprint density at radius 1 is 1.03 bits per heavy atom. The number of fused-ring (bicyclic) bond motifs is 1. The van der Waals surface area contributed by atoms with Crippen molar-refractivity contribution in [1.82, 2.24) is 4.90 Å². The lowest BCUT2D eigenvalue weighted by atomic mass is 9.94. The number of benzene rings is 2. The third-order valence-electron chi connectivity index (χ3n) is 6.01. The van der Waals surface area contributed by atoms with Crippen LogP contribution in [-0.2, 0) is 20.6 Å². The lowest BCUT2D eigenvalue weighted by molar-refractivity contribution is -0.139. The van der Waals surface area contributed by atoms with E-state index in [4.69, 9.17) is 4.74 Å². The number of rotatable bonds is 5. The standard InChI is InChI=1S/C23H28N2O4S/c1-24(19-12-6-3-7-13-19)23(26)22-16-25(20-14-8-9-15-21(20)29-22)30(27,28)17-18-10-4-2-5-11-18/h2,4-5,8-11,14-15,19,22H,3,6-7,12-13,16-17H2,1H3/t22-/m1/s1. The molecule has 2 aromatic rings. The van der Waals surface area contributed by atoms with E-state index in [1.165, 1.54) is 10.7 Å². The molecule has 1 amide bonds. The van der Waals surface area contributed by atoms with Crippen molar-refractivity contribution in [2.24, 2.45) is 0 Å². The third-order valence-corrected chi connectivity index (χ3v) is 7.72. The van der Waals surface area contributed by atoms with Gasteiger partial charge in [0, 0.05) is 13.1 Å². The molecule has 1 aliphatic carbocycles. The average Bonchev–Trinajstić information content (AvgIpc) is 2.78. The van der Waals surface area contributed by atoms with E-state index in [9.17, 15) is 13.2 Å². The van der Waals surface area contributed by atoms with E-state index in [0.29, 0.717) is 17.0 Å². The lowest BCUT2D eigenvalue weighted by Crippen LogP contribution is -2.53. The van der Waals surface area contributed by atoms with E-state index < -0.39 is 16.1 Å². The topological polar surface area (TPSA) is 66.9 Å². The number of hydrogen-bond acceptors (Lipinski definition) is 4. The monoisotopic (exact) mass is 428 g/mol. The van der Waals surface area contributed by atoms with Gasteiger partial charge in [0.15, 0.2) is 6.10 Å². The molecule has 1 fully saturated rings. The number of anilines is 1. The van der Waals surface area contributed by atoms with Crippen molar-refractivity contribution in [3.05, 3.63) is 60.2 Å². The Kier molecular flexibility index (Phi) is 5.99. The second-order valence-electron chi connectivity index (χ2n) is 8.09. The van der Waals surface area contributed by atoms with Gasteiger partial charge in [-0.15, -0.1) is 0 Å². The van der Waals surface area contributed by atoms with Gasteiger partial charge >= 0.3 is 0 Å². The molecule has 0 aromatic heterocycles. The summed E-state index contributed by atoms with van der Waals surface area (Å²) >= 11 is 0. The maximum absolute atomic E-state index is 13.3. The van der Waals surface area contributed by atoms with Crippen LogP contribution in [0, 0.1) is 0 Å². The molecule has 0 spiro atoms. The third kappa shape index (κ3) is 4.31. The Morgan fingerprint density at radius 2 is 1.70 bits per heavy atom. The van der Waals surface area contributed by atoms with Gasteiger partial charge in [0.05, 0.1) is 18.0 Å². The van der Waals surface area contributed by atoms with Gasteiger partial charge in [-0.3, -0.25) is 9.10 Å². The zero-order chi connectivity index (χ0) is 21.1. The Bertz CT molecular complexity index is 987. The van der Waals surface area contributed by atoms with Crippen LogP contribution >= 0.6 is 0 Å². The van der Waals surface area contributed by atoms with Crippen molar-refractivity contribution in [3.63, 3.8) is 0 Å². The molecule has 0 radical (unpaired) electrons. The first-order valence-corrected chi connectivity index (χ1v) is 12.1. The van der Waals surface area contributed by atoms with Crippen molar-refractivity contribution >= 4 is 21.6 Å². The number of sulfonamides is 1. The average molecular weight is 429 g/mol. The molecule has 1 saturated carbocycles. The molecule has 1 atom stereocenters. The summed E-state index contributed by atoms with van der Waals surface area (Å²) in [4.78, 5) is 15.0. The molecule has 0 N–H and O–H groups in total. The number of hydrogen-bond donors (Lipinski definition) is 0. The minimum atomic E-state index is -3.68. The fourth-order valence-electron chi connectivity index (χ4n) is 4.33. The van der Waals surface area contributed by atoms with E-state index >= 15 is 0 Å². The maximum atomic E-state index is 13.3. The van der Waals surface area contributed by atoms with Gasteiger partial charge in [-0.05, 0) is 30.5 Å². The van der Waals surface area contributed by atoms with Crippen molar-refractivity contribution in [3.8, 4) is 5.75 Å². The SMILES string of the molecule is CN(C(=O)[C@H]1CN(S(=O)(=O)Cc2ccccc2)c2ccccc2O1)C1CCCCC1. The van der Waals surface area contributed by atoms with Crippen LogP contribution in [0.1, 0.15) is 37.7 Å². The van der Waals surface area contributed by atoms with E-state index in [-0.39, 0.29) is 24.2 Å². The molecule has 0 unspecified atom stereocenters. The molecular formula is C23H28N2O4S. The Balaban J connectivity index is 1.60. The van der Waals surface area contributed by atoms with Crippen LogP contribution in [0.2, 0.25) is 0 Å². The highest BCUT2D eigenvalue weighted by atomic mass is 32.2. The van der Waals surface area contributed by atoms with Gasteiger partial charge in [-0.2, -0.15) is 0 Å². The molecule has 30 heavy (non-hydrogen) atoms. The summed E-state index contributed by atoms with van der Waals surface area (Å²) in [5.41, 5.74) is 1.20. The number of likely N-dealkylation sites (N-methyl/N-ethyl adjacent to an activating group) is 1. The molecule has 1 aliphatic heterocycles. The molecule has 0 saturated heterocycles. The number of nitrogens with zero attached hydrogens (tertiary/aromatic N) is 2. The maximum Gasteiger partial charge on any atom is 0.265 e.